The van der Waals surface area contributed by atoms with Crippen molar-refractivity contribution in [3.8, 4) is 22.1 Å². The molecule has 1 N–H and O–H groups in total. The zero-order valence-corrected chi connectivity index (χ0v) is 20.0. The van der Waals surface area contributed by atoms with Gasteiger partial charge in [0.1, 0.15) is 11.3 Å². The van der Waals surface area contributed by atoms with Crippen LogP contribution >= 0.6 is 22.9 Å². The number of ether oxygens (including phenoxy) is 2. The van der Waals surface area contributed by atoms with Crippen molar-refractivity contribution >= 4 is 34.0 Å². The summed E-state index contributed by atoms with van der Waals surface area (Å²) in [6, 6.07) is 2.93. The summed E-state index contributed by atoms with van der Waals surface area (Å²) in [5, 5.41) is 11.4. The highest BCUT2D eigenvalue weighted by atomic mass is 35.5. The monoisotopic (exact) mass is 509 g/mol. The Balaban J connectivity index is 1.55. The second-order valence-corrected chi connectivity index (χ2v) is 9.41. The molecule has 1 aliphatic rings. The smallest absolute Gasteiger partial charge is 0.387 e. The minimum absolute atomic E-state index is 0.0560. The van der Waals surface area contributed by atoms with Gasteiger partial charge in [0.25, 0.3) is 11.1 Å². The average molecular weight is 510 g/mol. The molecule has 0 radical (unpaired) electrons. The van der Waals surface area contributed by atoms with Crippen LogP contribution in [-0.4, -0.2) is 38.8 Å². The van der Waals surface area contributed by atoms with E-state index in [1.807, 2.05) is 0 Å². The van der Waals surface area contributed by atoms with E-state index in [1.165, 1.54) is 12.3 Å². The maximum atomic E-state index is 13.1. The second kappa shape index (κ2) is 10.6. The van der Waals surface area contributed by atoms with Gasteiger partial charge in [-0.05, 0) is 62.0 Å². The first-order chi connectivity index (χ1) is 16.3. The quantitative estimate of drug-likeness (QED) is 0.404. The van der Waals surface area contributed by atoms with Gasteiger partial charge in [-0.3, -0.25) is 15.1 Å². The fraction of sp³-hybridized carbons (Fsp3) is 0.409. The highest BCUT2D eigenvalue weighted by Crippen LogP contribution is 2.35. The number of aryl methyl sites for hydroxylation is 1. The van der Waals surface area contributed by atoms with E-state index in [4.69, 9.17) is 16.3 Å². The first kappa shape index (κ1) is 24.2. The maximum Gasteiger partial charge on any atom is 0.387 e. The Kier molecular flexibility index (Phi) is 7.52. The number of amides is 1. The van der Waals surface area contributed by atoms with Gasteiger partial charge in [0.15, 0.2) is 5.75 Å². The van der Waals surface area contributed by atoms with Crippen LogP contribution in [-0.2, 0) is 0 Å². The van der Waals surface area contributed by atoms with E-state index in [9.17, 15) is 13.6 Å². The highest BCUT2D eigenvalue weighted by molar-refractivity contribution is 7.17. The van der Waals surface area contributed by atoms with Gasteiger partial charge in [-0.1, -0.05) is 23.6 Å². The van der Waals surface area contributed by atoms with E-state index in [2.05, 4.69) is 37.1 Å². The van der Waals surface area contributed by atoms with Crippen LogP contribution in [0.4, 0.5) is 13.9 Å². The molecule has 180 valence electrons. The Bertz CT molecular complexity index is 1170. The molecule has 1 amide bonds. The number of rotatable bonds is 7. The summed E-state index contributed by atoms with van der Waals surface area (Å²) < 4.78 is 36.4. The average Bonchev–Trinajstić information content (AvgIpc) is 3.22. The summed E-state index contributed by atoms with van der Waals surface area (Å²) >= 11 is 7.11. The molecule has 1 saturated carbocycles. The van der Waals surface area contributed by atoms with Crippen molar-refractivity contribution in [2.24, 2.45) is 5.92 Å². The summed E-state index contributed by atoms with van der Waals surface area (Å²) in [4.78, 5) is 21.1. The third-order valence-electron chi connectivity index (χ3n) is 5.48. The molecule has 8 nitrogen and oxygen atoms in total. The van der Waals surface area contributed by atoms with Crippen molar-refractivity contribution in [1.29, 1.82) is 0 Å². The molecule has 1 aliphatic carbocycles. The van der Waals surface area contributed by atoms with E-state index in [0.29, 0.717) is 22.4 Å². The zero-order valence-electron chi connectivity index (χ0n) is 18.4. The number of anilines is 1. The number of pyridine rings is 2. The Morgan fingerprint density at radius 3 is 2.65 bits per heavy atom. The first-order valence-corrected chi connectivity index (χ1v) is 11.9. The summed E-state index contributed by atoms with van der Waals surface area (Å²) in [5.74, 6) is -0.0663. The highest BCUT2D eigenvalue weighted by Gasteiger charge is 2.23. The van der Waals surface area contributed by atoms with Gasteiger partial charge in [0.05, 0.1) is 11.8 Å². The van der Waals surface area contributed by atoms with Crippen LogP contribution < -0.4 is 14.8 Å². The van der Waals surface area contributed by atoms with Crippen molar-refractivity contribution in [3.05, 3.63) is 40.9 Å². The molecule has 0 unspecified atom stereocenters. The van der Waals surface area contributed by atoms with E-state index < -0.39 is 12.5 Å². The van der Waals surface area contributed by atoms with E-state index in [-0.39, 0.29) is 33.3 Å². The number of nitrogens with zero attached hydrogens (tertiary/aromatic N) is 4. The zero-order chi connectivity index (χ0) is 24.2. The van der Waals surface area contributed by atoms with Crippen LogP contribution in [0.1, 0.15) is 48.7 Å². The molecule has 34 heavy (non-hydrogen) atoms. The number of alkyl halides is 2. The molecule has 0 spiro atoms. The molecule has 0 aromatic carbocycles. The molecule has 0 bridgehead atoms. The Labute approximate surface area is 203 Å². The van der Waals surface area contributed by atoms with Crippen molar-refractivity contribution < 1.29 is 23.0 Å². The minimum Gasteiger partial charge on any atom is -0.466 e. The Hall–Kier alpha value is -2.92. The number of hydrogen-bond donors (Lipinski definition) is 1. The Morgan fingerprint density at radius 1 is 1.15 bits per heavy atom. The summed E-state index contributed by atoms with van der Waals surface area (Å²) in [6.45, 7) is 0.863. The molecule has 0 saturated heterocycles. The van der Waals surface area contributed by atoms with Crippen molar-refractivity contribution in [3.63, 3.8) is 0 Å². The lowest BCUT2D eigenvalue weighted by Gasteiger charge is -2.25. The minimum atomic E-state index is -3.07. The summed E-state index contributed by atoms with van der Waals surface area (Å²) in [5.41, 5.74) is 1.17. The van der Waals surface area contributed by atoms with Gasteiger partial charge < -0.3 is 9.47 Å². The largest absolute Gasteiger partial charge is 0.466 e. The fourth-order valence-corrected chi connectivity index (χ4v) is 4.56. The van der Waals surface area contributed by atoms with Gasteiger partial charge >= 0.3 is 6.61 Å². The number of halogens is 3. The number of hydrogen-bond acceptors (Lipinski definition) is 8. The normalized spacial score (nSPS) is 18.1. The lowest BCUT2D eigenvalue weighted by molar-refractivity contribution is -0.0496. The topological polar surface area (TPSA) is 99.1 Å². The van der Waals surface area contributed by atoms with Gasteiger partial charge in [-0.25, -0.2) is 4.98 Å². The van der Waals surface area contributed by atoms with Crippen molar-refractivity contribution in [2.75, 3.05) is 5.32 Å². The predicted molar refractivity (Wildman–Crippen MR) is 124 cm³/mol. The van der Waals surface area contributed by atoms with Crippen molar-refractivity contribution in [1.82, 2.24) is 20.2 Å². The summed E-state index contributed by atoms with van der Waals surface area (Å²) in [7, 11) is 0. The molecule has 12 heteroatoms. The first-order valence-electron chi connectivity index (χ1n) is 10.7. The lowest BCUT2D eigenvalue weighted by atomic mass is 9.89. The van der Waals surface area contributed by atoms with Gasteiger partial charge in [0.2, 0.25) is 5.13 Å². The van der Waals surface area contributed by atoms with E-state index in [0.717, 1.165) is 43.2 Å². The van der Waals surface area contributed by atoms with Crippen LogP contribution in [0.2, 0.25) is 5.15 Å². The number of nitrogens with one attached hydrogen (secondary N) is 1. The molecule has 0 atom stereocenters. The molecular formula is C22H22ClF2N5O3S. The number of carbonyl (C=O) groups excluding carboxylic acids is 1. The van der Waals surface area contributed by atoms with Gasteiger partial charge in [-0.15, -0.1) is 5.10 Å². The Morgan fingerprint density at radius 2 is 1.91 bits per heavy atom. The molecule has 3 heterocycles. The third kappa shape index (κ3) is 5.95. The molecule has 4 rings (SSSR count). The van der Waals surface area contributed by atoms with Crippen LogP contribution in [0, 0.1) is 12.8 Å². The number of carbonyl (C=O) groups is 1. The predicted octanol–water partition coefficient (Wildman–Crippen LogP) is 5.77. The van der Waals surface area contributed by atoms with E-state index in [1.54, 1.807) is 13.0 Å². The third-order valence-corrected chi connectivity index (χ3v) is 6.42. The standard InChI is InChI=1S/C22H22ClF2N5O3S/c1-11-3-5-13(6-4-11)32-22-30-29-21(34-22)28-19(31)16-9-26-12(2)7-14(16)15-8-18(23)27-10-17(15)33-20(24)25/h7-11,13,20H,3-6H2,1-2H3,(H,28,29,31). The van der Waals surface area contributed by atoms with Crippen molar-refractivity contribution in [2.45, 2.75) is 52.2 Å². The van der Waals surface area contributed by atoms with Gasteiger partial charge in [-0.2, -0.15) is 8.78 Å². The lowest BCUT2D eigenvalue weighted by Crippen LogP contribution is -2.22. The molecular weight excluding hydrogens is 488 g/mol. The second-order valence-electron chi connectivity index (χ2n) is 8.08. The van der Waals surface area contributed by atoms with Crippen LogP contribution in [0.5, 0.6) is 10.9 Å². The SMILES string of the molecule is Cc1cc(-c2cc(Cl)ncc2OC(F)F)c(C(=O)Nc2nnc(OC3CCC(C)CC3)s2)cn1. The van der Waals surface area contributed by atoms with Crippen LogP contribution in [0.15, 0.2) is 24.5 Å². The van der Waals surface area contributed by atoms with E-state index >= 15 is 0 Å². The molecule has 1 fully saturated rings. The maximum absolute atomic E-state index is 13.1. The molecule has 0 aliphatic heterocycles. The fourth-order valence-electron chi connectivity index (χ4n) is 3.74. The van der Waals surface area contributed by atoms with Crippen LogP contribution in [0.3, 0.4) is 0 Å². The molecule has 3 aromatic heterocycles. The van der Waals surface area contributed by atoms with Gasteiger partial charge in [0, 0.05) is 23.0 Å². The number of aromatic nitrogens is 4. The summed E-state index contributed by atoms with van der Waals surface area (Å²) in [6.07, 6.45) is 6.64. The van der Waals surface area contributed by atoms with Crippen LogP contribution in [0.25, 0.3) is 11.1 Å². The molecule has 3 aromatic rings.